The minimum atomic E-state index is -0.950. The van der Waals surface area contributed by atoms with Gasteiger partial charge in [-0.05, 0) is 60.6 Å². The molecule has 200 valence electrons. The molecule has 1 aliphatic rings. The molecule has 0 spiro atoms. The van der Waals surface area contributed by atoms with Crippen LogP contribution in [0.2, 0.25) is 0 Å². The molecule has 0 aliphatic carbocycles. The topological polar surface area (TPSA) is 65.5 Å². The van der Waals surface area contributed by atoms with Crippen LogP contribution in [0.25, 0.3) is 0 Å². The first-order valence-electron chi connectivity index (χ1n) is 13.5. The molecule has 7 heteroatoms. The van der Waals surface area contributed by atoms with Gasteiger partial charge in [0.15, 0.2) is 0 Å². The predicted molar refractivity (Wildman–Crippen MR) is 147 cm³/mol. The molecule has 2 heterocycles. The second kappa shape index (κ2) is 13.3. The Balaban J connectivity index is 1.50. The molecule has 2 aromatic carbocycles. The molecule has 0 radical (unpaired) electrons. The molecule has 6 nitrogen and oxygen atoms in total. The van der Waals surface area contributed by atoms with Crippen molar-refractivity contribution in [1.29, 1.82) is 0 Å². The van der Waals surface area contributed by atoms with Gasteiger partial charge in [-0.3, -0.25) is 14.6 Å². The molecule has 0 unspecified atom stereocenters. The first-order chi connectivity index (χ1) is 18.5. The first kappa shape index (κ1) is 27.5. The number of likely N-dealkylation sites (tertiary alicyclic amines) is 1. The Morgan fingerprint density at radius 2 is 1.71 bits per heavy atom. The zero-order valence-electron chi connectivity index (χ0n) is 22.1. The quantitative estimate of drug-likeness (QED) is 0.411. The van der Waals surface area contributed by atoms with Crippen LogP contribution in [0.4, 0.5) is 4.39 Å². The fourth-order valence-corrected chi connectivity index (χ4v) is 5.22. The lowest BCUT2D eigenvalue weighted by Crippen LogP contribution is -2.64. The molecule has 4 rings (SSSR count). The van der Waals surface area contributed by atoms with Gasteiger partial charge < -0.3 is 15.1 Å². The van der Waals surface area contributed by atoms with Crippen LogP contribution in [0, 0.1) is 5.82 Å². The smallest absolute Gasteiger partial charge is 0.246 e. The maximum atomic E-state index is 13.9. The molecular weight excluding hydrogens is 479 g/mol. The number of rotatable bonds is 11. The third kappa shape index (κ3) is 7.04. The van der Waals surface area contributed by atoms with E-state index >= 15 is 0 Å². The molecule has 2 amide bonds. The Hall–Kier alpha value is -3.58. The van der Waals surface area contributed by atoms with E-state index in [-0.39, 0.29) is 17.6 Å². The number of nitrogens with one attached hydrogen (secondary N) is 1. The summed E-state index contributed by atoms with van der Waals surface area (Å²) >= 11 is 0. The lowest BCUT2D eigenvalue weighted by atomic mass is 9.83. The number of hydrogen-bond donors (Lipinski definition) is 1. The average molecular weight is 517 g/mol. The Kier molecular flexibility index (Phi) is 9.60. The highest BCUT2D eigenvalue weighted by Gasteiger charge is 2.47. The highest BCUT2D eigenvalue weighted by molar-refractivity contribution is 5.91. The maximum Gasteiger partial charge on any atom is 0.246 e. The number of piperidine rings is 1. The van der Waals surface area contributed by atoms with Crippen molar-refractivity contribution in [3.63, 3.8) is 0 Å². The number of halogens is 1. The highest BCUT2D eigenvalue weighted by atomic mass is 19.1. The van der Waals surface area contributed by atoms with Gasteiger partial charge in [-0.2, -0.15) is 0 Å². The third-order valence-corrected chi connectivity index (χ3v) is 7.44. The number of aromatic nitrogens is 1. The largest absolute Gasteiger partial charge is 0.354 e. The molecule has 1 N–H and O–H groups in total. The molecule has 1 aromatic heterocycles. The summed E-state index contributed by atoms with van der Waals surface area (Å²) in [5, 5.41) is 3.09. The minimum Gasteiger partial charge on any atom is -0.354 e. The van der Waals surface area contributed by atoms with Gasteiger partial charge >= 0.3 is 0 Å². The fraction of sp³-hybridized carbons (Fsp3) is 0.387. The van der Waals surface area contributed by atoms with Crippen molar-refractivity contribution in [2.75, 3.05) is 26.2 Å². The number of pyridine rings is 1. The van der Waals surface area contributed by atoms with Crippen LogP contribution in [0.15, 0.2) is 79.1 Å². The van der Waals surface area contributed by atoms with E-state index in [1.54, 1.807) is 23.4 Å². The van der Waals surface area contributed by atoms with E-state index in [1.807, 2.05) is 31.2 Å². The normalized spacial score (nSPS) is 15.1. The molecule has 0 bridgehead atoms. The first-order valence-corrected chi connectivity index (χ1v) is 13.5. The number of carbonyl (C=O) groups excluding carboxylic acids is 2. The van der Waals surface area contributed by atoms with E-state index in [9.17, 15) is 14.0 Å². The summed E-state index contributed by atoms with van der Waals surface area (Å²) in [5.74, 6) is -0.474. The fourth-order valence-electron chi connectivity index (χ4n) is 5.22. The zero-order chi connectivity index (χ0) is 26.8. The summed E-state index contributed by atoms with van der Waals surface area (Å²) in [6.45, 7) is 4.91. The molecule has 1 saturated heterocycles. The van der Waals surface area contributed by atoms with Crippen molar-refractivity contribution >= 4 is 11.8 Å². The SMILES string of the molecule is CCC(=O)N(Cc1cccnc1)C1(C(=O)NCCc2cccc(F)c2)CCN(CCc2ccccc2)CC1. The van der Waals surface area contributed by atoms with Gasteiger partial charge in [0.2, 0.25) is 11.8 Å². The highest BCUT2D eigenvalue weighted by Crippen LogP contribution is 2.32. The second-order valence-corrected chi connectivity index (χ2v) is 9.94. The van der Waals surface area contributed by atoms with Crippen molar-refractivity contribution in [2.45, 2.75) is 51.1 Å². The molecule has 38 heavy (non-hydrogen) atoms. The van der Waals surface area contributed by atoms with Crippen molar-refractivity contribution < 1.29 is 14.0 Å². The van der Waals surface area contributed by atoms with Gasteiger partial charge in [-0.15, -0.1) is 0 Å². The minimum absolute atomic E-state index is 0.0492. The van der Waals surface area contributed by atoms with Crippen LogP contribution in [-0.2, 0) is 29.0 Å². The van der Waals surface area contributed by atoms with E-state index in [0.29, 0.717) is 38.8 Å². The Morgan fingerprint density at radius 1 is 0.974 bits per heavy atom. The molecule has 1 fully saturated rings. The van der Waals surface area contributed by atoms with Crippen molar-refractivity contribution in [3.8, 4) is 0 Å². The number of amides is 2. The van der Waals surface area contributed by atoms with E-state index in [2.05, 4.69) is 39.5 Å². The van der Waals surface area contributed by atoms with Crippen LogP contribution >= 0.6 is 0 Å². The number of nitrogens with zero attached hydrogens (tertiary/aromatic N) is 3. The predicted octanol–water partition coefficient (Wildman–Crippen LogP) is 4.40. The van der Waals surface area contributed by atoms with Crippen LogP contribution in [0.3, 0.4) is 0 Å². The van der Waals surface area contributed by atoms with Crippen LogP contribution < -0.4 is 5.32 Å². The summed E-state index contributed by atoms with van der Waals surface area (Å²) in [6.07, 6.45) is 6.35. The van der Waals surface area contributed by atoms with Crippen LogP contribution in [0.1, 0.15) is 42.9 Å². The molecule has 3 aromatic rings. The average Bonchev–Trinajstić information content (AvgIpc) is 2.96. The van der Waals surface area contributed by atoms with E-state index < -0.39 is 5.54 Å². The molecule has 0 saturated carbocycles. The molecular formula is C31H37FN4O2. The monoisotopic (exact) mass is 516 g/mol. The summed E-state index contributed by atoms with van der Waals surface area (Å²) in [4.78, 5) is 35.6. The number of carbonyl (C=O) groups is 2. The second-order valence-electron chi connectivity index (χ2n) is 9.94. The lowest BCUT2D eigenvalue weighted by Gasteiger charge is -2.47. The van der Waals surface area contributed by atoms with Gasteiger partial charge in [0, 0.05) is 51.5 Å². The summed E-state index contributed by atoms with van der Waals surface area (Å²) in [7, 11) is 0. The Bertz CT molecular complexity index is 1180. The van der Waals surface area contributed by atoms with Crippen molar-refractivity contribution in [3.05, 3.63) is 102 Å². The molecule has 1 aliphatic heterocycles. The standard InChI is InChI=1S/C31H37FN4O2/c1-2-29(37)36(24-27-11-7-17-33-23-27)31(30(38)34-18-13-26-10-6-12-28(32)22-26)15-20-35(21-16-31)19-14-25-8-4-3-5-9-25/h3-12,17,22-23H,2,13-16,18-21,24H2,1H3,(H,34,38). The lowest BCUT2D eigenvalue weighted by molar-refractivity contribution is -0.152. The van der Waals surface area contributed by atoms with E-state index in [1.165, 1.54) is 17.7 Å². The number of hydrogen-bond acceptors (Lipinski definition) is 4. The van der Waals surface area contributed by atoms with Gasteiger partial charge in [-0.25, -0.2) is 4.39 Å². The maximum absolute atomic E-state index is 13.9. The summed E-state index contributed by atoms with van der Waals surface area (Å²) in [5.41, 5.74) is 2.06. The van der Waals surface area contributed by atoms with Crippen LogP contribution in [-0.4, -0.2) is 58.3 Å². The van der Waals surface area contributed by atoms with Gasteiger partial charge in [0.25, 0.3) is 0 Å². The third-order valence-electron chi connectivity index (χ3n) is 7.44. The van der Waals surface area contributed by atoms with Gasteiger partial charge in [0.1, 0.15) is 11.4 Å². The van der Waals surface area contributed by atoms with E-state index in [4.69, 9.17) is 0 Å². The number of benzene rings is 2. The van der Waals surface area contributed by atoms with Gasteiger partial charge in [-0.1, -0.05) is 55.5 Å². The molecule has 0 atom stereocenters. The van der Waals surface area contributed by atoms with Crippen LogP contribution in [0.5, 0.6) is 0 Å². The zero-order valence-corrected chi connectivity index (χ0v) is 22.1. The summed E-state index contributed by atoms with van der Waals surface area (Å²) < 4.78 is 13.6. The van der Waals surface area contributed by atoms with Gasteiger partial charge in [0.05, 0.1) is 0 Å². The van der Waals surface area contributed by atoms with E-state index in [0.717, 1.165) is 37.2 Å². The Morgan fingerprint density at radius 3 is 2.39 bits per heavy atom. The van der Waals surface area contributed by atoms with Crippen molar-refractivity contribution in [2.24, 2.45) is 0 Å². The van der Waals surface area contributed by atoms with Crippen molar-refractivity contribution in [1.82, 2.24) is 20.1 Å². The summed E-state index contributed by atoms with van der Waals surface area (Å²) in [6, 6.07) is 20.6. The Labute approximate surface area is 224 Å².